The number of primary amides is 2. The van der Waals surface area contributed by atoms with Gasteiger partial charge in [-0.15, -0.1) is 5.10 Å². The Bertz CT molecular complexity index is 1920. The van der Waals surface area contributed by atoms with Crippen LogP contribution < -0.4 is 16.8 Å². The number of hydrogen-bond acceptors (Lipinski definition) is 12. The van der Waals surface area contributed by atoms with Crippen LogP contribution in [-0.4, -0.2) is 112 Å². The van der Waals surface area contributed by atoms with Gasteiger partial charge in [-0.3, -0.25) is 28.8 Å². The van der Waals surface area contributed by atoms with Gasteiger partial charge in [-0.05, 0) is 50.5 Å². The molecule has 1 aromatic heterocycles. The predicted octanol–water partition coefficient (Wildman–Crippen LogP) is -0.122. The van der Waals surface area contributed by atoms with Crippen molar-refractivity contribution in [2.75, 3.05) is 25.5 Å². The summed E-state index contributed by atoms with van der Waals surface area (Å²) in [6.07, 6.45) is 5.84. The van der Waals surface area contributed by atoms with E-state index in [1.807, 2.05) is 0 Å². The molecule has 18 nitrogen and oxygen atoms in total. The van der Waals surface area contributed by atoms with Crippen molar-refractivity contribution in [1.82, 2.24) is 25.2 Å². The maximum Gasteiger partial charge on any atom is 0.287 e. The van der Waals surface area contributed by atoms with E-state index in [0.717, 1.165) is 44.2 Å². The number of nitrogens with two attached hydrogens (primary N) is 2. The van der Waals surface area contributed by atoms with Crippen LogP contribution in [0, 0.1) is 5.92 Å². The van der Waals surface area contributed by atoms with E-state index >= 15 is 0 Å². The number of Topliss-reactive ketones (excluding diaryl/α,β-unsaturated/α-hetero) is 1. The van der Waals surface area contributed by atoms with Crippen LogP contribution in [0.2, 0.25) is 0 Å². The van der Waals surface area contributed by atoms with Gasteiger partial charge in [-0.25, -0.2) is 18.1 Å². The van der Waals surface area contributed by atoms with Gasteiger partial charge in [0.25, 0.3) is 17.7 Å². The summed E-state index contributed by atoms with van der Waals surface area (Å²) in [5, 5.41) is 21.7. The number of aromatic nitrogens is 3. The van der Waals surface area contributed by atoms with Crippen molar-refractivity contribution in [2.24, 2.45) is 22.4 Å². The molecule has 3 heterocycles. The van der Waals surface area contributed by atoms with E-state index in [1.54, 1.807) is 0 Å². The average Bonchev–Trinajstić information content (AvgIpc) is 3.80. The molecule has 292 valence electrons. The number of sulfone groups is 1. The Morgan fingerprint density at radius 3 is 2.28 bits per heavy atom. The zero-order valence-corrected chi connectivity index (χ0v) is 31.0. The second-order valence-electron chi connectivity index (χ2n) is 14.7. The first kappa shape index (κ1) is 40.3. The van der Waals surface area contributed by atoms with Crippen molar-refractivity contribution >= 4 is 50.9 Å². The summed E-state index contributed by atoms with van der Waals surface area (Å²) in [4.78, 5) is 84.3. The Balaban J connectivity index is 1.52. The van der Waals surface area contributed by atoms with Crippen LogP contribution in [0.15, 0.2) is 40.4 Å². The number of aliphatic hydroxyl groups is 1. The van der Waals surface area contributed by atoms with Gasteiger partial charge in [-0.2, -0.15) is 0 Å². The van der Waals surface area contributed by atoms with Crippen molar-refractivity contribution in [3.05, 3.63) is 41.7 Å². The lowest BCUT2D eigenvalue weighted by atomic mass is 9.84. The Labute approximate surface area is 312 Å². The maximum atomic E-state index is 14.7. The largest absolute Gasteiger partial charge is 0.384 e. The molecule has 1 saturated carbocycles. The summed E-state index contributed by atoms with van der Waals surface area (Å²) < 4.78 is 31.8. The number of aliphatic imine (C=N–C) groups is 1. The molecule has 3 fully saturated rings. The number of hydrogen-bond donors (Lipinski definition) is 4. The lowest BCUT2D eigenvalue weighted by molar-refractivity contribution is -0.146. The minimum absolute atomic E-state index is 0.0112. The van der Waals surface area contributed by atoms with Crippen LogP contribution in [0.5, 0.6) is 0 Å². The number of nitrogens with one attached hydrogen (secondary N) is 1. The zero-order valence-electron chi connectivity index (χ0n) is 30.2. The van der Waals surface area contributed by atoms with Gasteiger partial charge in [0, 0.05) is 44.6 Å². The maximum absolute atomic E-state index is 14.7. The first-order valence-corrected chi connectivity index (χ1v) is 19.5. The van der Waals surface area contributed by atoms with Crippen molar-refractivity contribution in [2.45, 2.75) is 99.8 Å². The zero-order chi connectivity index (χ0) is 39.4. The Morgan fingerprint density at radius 2 is 1.69 bits per heavy atom. The van der Waals surface area contributed by atoms with E-state index in [2.05, 4.69) is 20.6 Å². The monoisotopic (exact) mass is 770 g/mol. The number of carbonyl (C=O) groups excluding carboxylic acids is 6. The van der Waals surface area contributed by atoms with Crippen molar-refractivity contribution < 1.29 is 47.0 Å². The molecule has 2 aromatic rings. The third-order valence-electron chi connectivity index (χ3n) is 10.2. The third kappa shape index (κ3) is 9.07. The molecule has 2 aliphatic heterocycles. The summed E-state index contributed by atoms with van der Waals surface area (Å²) in [6.45, 7) is 3.10. The molecule has 3 aliphatic rings. The Kier molecular flexibility index (Phi) is 12.1. The molecular formula is C35H46N8O10S. The summed E-state index contributed by atoms with van der Waals surface area (Å²) in [5.74, 6) is -6.47. The SMILES string of the molecule is CC(C)(O)c1cnnn1[C@H]1C[C@@H](C(=O)NC2(C(=O)C(N)=O)CCOCC2)N(C(=O)/C(CC2CCCCC2)=N/C(=O)c2ccc(S(=O)(=O)CC(N)=O)cc2)C1. The molecule has 0 bridgehead atoms. The van der Waals surface area contributed by atoms with Gasteiger partial charge < -0.3 is 31.5 Å². The minimum Gasteiger partial charge on any atom is -0.384 e. The minimum atomic E-state index is -4.05. The van der Waals surface area contributed by atoms with Crippen LogP contribution in [0.25, 0.3) is 0 Å². The Morgan fingerprint density at radius 1 is 1.04 bits per heavy atom. The molecular weight excluding hydrogens is 724 g/mol. The Hall–Kier alpha value is -4.88. The second kappa shape index (κ2) is 16.2. The highest BCUT2D eigenvalue weighted by molar-refractivity contribution is 7.92. The first-order valence-electron chi connectivity index (χ1n) is 17.8. The molecule has 0 radical (unpaired) electrons. The molecule has 2 atom stereocenters. The van der Waals surface area contributed by atoms with Crippen LogP contribution in [0.1, 0.15) is 93.7 Å². The number of benzene rings is 1. The number of ether oxygens (including phenoxy) is 1. The number of ketones is 1. The molecule has 54 heavy (non-hydrogen) atoms. The third-order valence-corrected chi connectivity index (χ3v) is 11.9. The van der Waals surface area contributed by atoms with E-state index in [-0.39, 0.29) is 67.5 Å². The lowest BCUT2D eigenvalue weighted by Gasteiger charge is -2.37. The molecule has 19 heteroatoms. The van der Waals surface area contributed by atoms with E-state index in [9.17, 15) is 42.3 Å². The molecule has 5 rings (SSSR count). The molecule has 6 N–H and O–H groups in total. The van der Waals surface area contributed by atoms with Gasteiger partial charge in [-0.1, -0.05) is 37.3 Å². The molecule has 1 aliphatic carbocycles. The topological polar surface area (TPSA) is 276 Å². The lowest BCUT2D eigenvalue weighted by Crippen LogP contribution is -2.63. The van der Waals surface area contributed by atoms with E-state index < -0.39 is 74.1 Å². The van der Waals surface area contributed by atoms with Gasteiger partial charge in [0.1, 0.15) is 28.6 Å². The van der Waals surface area contributed by atoms with E-state index in [1.165, 1.54) is 41.8 Å². The molecule has 0 unspecified atom stereocenters. The predicted molar refractivity (Wildman–Crippen MR) is 190 cm³/mol. The van der Waals surface area contributed by atoms with Crippen LogP contribution in [0.4, 0.5) is 0 Å². The van der Waals surface area contributed by atoms with Gasteiger partial charge in [0.15, 0.2) is 9.84 Å². The summed E-state index contributed by atoms with van der Waals surface area (Å²) in [6, 6.07) is 2.79. The second-order valence-corrected chi connectivity index (χ2v) is 16.7. The summed E-state index contributed by atoms with van der Waals surface area (Å²) in [7, 11) is -4.05. The smallest absolute Gasteiger partial charge is 0.287 e. The molecule has 0 spiro atoms. The highest BCUT2D eigenvalue weighted by Crippen LogP contribution is 2.34. The first-order chi connectivity index (χ1) is 25.4. The fourth-order valence-electron chi connectivity index (χ4n) is 7.37. The standard InChI is InChI=1S/C35H46N8O10S/c1-34(2,50)27-18-38-41-43(27)23-17-26(32(48)40-35(29(45)30(37)46)12-14-53-15-13-35)42(19-23)33(49)25(16-21-6-4-3-5-7-21)39-31(47)22-8-10-24(11-9-22)54(51,52)20-28(36)44/h8-11,18,21,23,26,50H,3-7,12-17,19-20H2,1-2H3,(H2,36,44)(H2,37,46)(H,40,48)/b39-25+/t23-,26-/m0/s1. The highest BCUT2D eigenvalue weighted by atomic mass is 32.2. The van der Waals surface area contributed by atoms with Crippen LogP contribution >= 0.6 is 0 Å². The number of nitrogens with zero attached hydrogens (tertiary/aromatic N) is 5. The van der Waals surface area contributed by atoms with Gasteiger partial charge in [0.05, 0.1) is 22.8 Å². The van der Waals surface area contributed by atoms with E-state index in [4.69, 9.17) is 16.2 Å². The molecule has 5 amide bonds. The molecule has 2 saturated heterocycles. The summed E-state index contributed by atoms with van der Waals surface area (Å²) >= 11 is 0. The van der Waals surface area contributed by atoms with Gasteiger partial charge in [0.2, 0.25) is 17.6 Å². The van der Waals surface area contributed by atoms with Crippen LogP contribution in [-0.2, 0) is 44.1 Å². The van der Waals surface area contributed by atoms with Gasteiger partial charge >= 0.3 is 0 Å². The number of carbonyl (C=O) groups is 6. The normalized spacial score (nSPS) is 21.0. The number of amides is 5. The van der Waals surface area contributed by atoms with Crippen molar-refractivity contribution in [3.8, 4) is 0 Å². The quantitative estimate of drug-likeness (QED) is 0.153. The van der Waals surface area contributed by atoms with Crippen LogP contribution in [0.3, 0.4) is 0 Å². The van der Waals surface area contributed by atoms with Crippen molar-refractivity contribution in [1.29, 1.82) is 0 Å². The highest BCUT2D eigenvalue weighted by Gasteiger charge is 2.49. The molecule has 1 aromatic carbocycles. The van der Waals surface area contributed by atoms with E-state index in [0.29, 0.717) is 5.69 Å². The summed E-state index contributed by atoms with van der Waals surface area (Å²) in [5.41, 5.74) is 7.57. The number of likely N-dealkylation sites (tertiary alicyclic amines) is 1. The fourth-order valence-corrected chi connectivity index (χ4v) is 8.46. The van der Waals surface area contributed by atoms with Crippen molar-refractivity contribution in [3.63, 3.8) is 0 Å². The number of rotatable bonds is 13. The fraction of sp³-hybridized carbons (Fsp3) is 0.571. The average molecular weight is 771 g/mol.